The van der Waals surface area contributed by atoms with E-state index in [-0.39, 0.29) is 0 Å². The number of aliphatic hydroxyl groups is 1. The highest BCUT2D eigenvalue weighted by atomic mass is 16.5. The van der Waals surface area contributed by atoms with E-state index in [0.717, 1.165) is 23.6 Å². The number of ether oxygens (including phenoxy) is 1. The van der Waals surface area contributed by atoms with E-state index < -0.39 is 6.10 Å². The molecule has 2 aromatic rings. The van der Waals surface area contributed by atoms with Gasteiger partial charge in [0.05, 0.1) is 18.5 Å². The number of hydrogen-bond acceptors (Lipinski definition) is 3. The lowest BCUT2D eigenvalue weighted by atomic mass is 10.1. The summed E-state index contributed by atoms with van der Waals surface area (Å²) in [6, 6.07) is 7.38. The van der Waals surface area contributed by atoms with Crippen molar-refractivity contribution >= 4 is 0 Å². The first-order chi connectivity index (χ1) is 8.19. The second-order valence-corrected chi connectivity index (χ2v) is 3.88. The van der Waals surface area contributed by atoms with E-state index >= 15 is 0 Å². The second kappa shape index (κ2) is 5.01. The van der Waals surface area contributed by atoms with Crippen molar-refractivity contribution in [3.63, 3.8) is 0 Å². The van der Waals surface area contributed by atoms with Crippen molar-refractivity contribution < 1.29 is 9.84 Å². The Balaban J connectivity index is 2.08. The molecule has 4 heteroatoms. The predicted octanol–water partition coefficient (Wildman–Crippen LogP) is 2.75. The minimum absolute atomic E-state index is 0.452. The van der Waals surface area contributed by atoms with Crippen LogP contribution in [0.15, 0.2) is 36.7 Å². The monoisotopic (exact) mass is 232 g/mol. The predicted molar refractivity (Wildman–Crippen MR) is 65.1 cm³/mol. The Morgan fingerprint density at radius 3 is 2.53 bits per heavy atom. The topological polar surface area (TPSA) is 47.3 Å². The highest BCUT2D eigenvalue weighted by Crippen LogP contribution is 2.22. The van der Waals surface area contributed by atoms with Crippen molar-refractivity contribution in [2.45, 2.75) is 26.5 Å². The average Bonchev–Trinajstić information content (AvgIpc) is 2.77. The first-order valence-electron chi connectivity index (χ1n) is 5.67. The van der Waals surface area contributed by atoms with Gasteiger partial charge in [-0.15, -0.1) is 0 Å². The average molecular weight is 232 g/mol. The van der Waals surface area contributed by atoms with Crippen molar-refractivity contribution in [2.75, 3.05) is 0 Å². The fourth-order valence-electron chi connectivity index (χ4n) is 1.52. The van der Waals surface area contributed by atoms with Crippen LogP contribution in [-0.2, 0) is 6.54 Å². The quantitative estimate of drug-likeness (QED) is 0.881. The molecule has 0 unspecified atom stereocenters. The molecule has 1 N–H and O–H groups in total. The fraction of sp³-hybridized carbons (Fsp3) is 0.308. The first kappa shape index (κ1) is 11.7. The zero-order chi connectivity index (χ0) is 12.3. The van der Waals surface area contributed by atoms with Gasteiger partial charge < -0.3 is 9.84 Å². The van der Waals surface area contributed by atoms with Crippen LogP contribution in [-0.4, -0.2) is 14.9 Å². The number of hydrogen-bond donors (Lipinski definition) is 1. The number of aryl methyl sites for hydroxylation is 1. The molecule has 17 heavy (non-hydrogen) atoms. The first-order valence-corrected chi connectivity index (χ1v) is 5.67. The standard InChI is InChI=1S/C13H16N2O2/c1-3-15-9-13(8-14-15)17-12-6-4-11(5-7-12)10(2)16/h4-10,16H,3H2,1-2H3/t10-/m1/s1. The zero-order valence-corrected chi connectivity index (χ0v) is 10.00. The van der Waals surface area contributed by atoms with Gasteiger partial charge in [0, 0.05) is 6.54 Å². The van der Waals surface area contributed by atoms with Gasteiger partial charge in [-0.05, 0) is 31.5 Å². The SMILES string of the molecule is CCn1cc(Oc2ccc([C@@H](C)O)cc2)cn1. The minimum atomic E-state index is -0.452. The van der Waals surface area contributed by atoms with E-state index in [4.69, 9.17) is 4.74 Å². The number of aromatic nitrogens is 2. The Labute approximate surface area is 100 Å². The number of benzene rings is 1. The summed E-state index contributed by atoms with van der Waals surface area (Å²) in [7, 11) is 0. The van der Waals surface area contributed by atoms with Crippen molar-refractivity contribution in [1.29, 1.82) is 0 Å². The molecular weight excluding hydrogens is 216 g/mol. The molecule has 1 heterocycles. The molecule has 90 valence electrons. The van der Waals surface area contributed by atoms with Gasteiger partial charge in [0.15, 0.2) is 5.75 Å². The van der Waals surface area contributed by atoms with Crippen molar-refractivity contribution in [3.05, 3.63) is 42.2 Å². The van der Waals surface area contributed by atoms with Crippen molar-refractivity contribution in [3.8, 4) is 11.5 Å². The third-order valence-corrected chi connectivity index (χ3v) is 2.53. The molecule has 1 atom stereocenters. The molecule has 0 radical (unpaired) electrons. The Morgan fingerprint density at radius 1 is 1.29 bits per heavy atom. The fourth-order valence-corrected chi connectivity index (χ4v) is 1.52. The lowest BCUT2D eigenvalue weighted by Gasteiger charge is -2.06. The molecular formula is C13H16N2O2. The summed E-state index contributed by atoms with van der Waals surface area (Å²) in [5, 5.41) is 13.5. The van der Waals surface area contributed by atoms with Gasteiger partial charge in [-0.3, -0.25) is 4.68 Å². The third-order valence-electron chi connectivity index (χ3n) is 2.53. The summed E-state index contributed by atoms with van der Waals surface area (Å²) in [5.74, 6) is 1.46. The van der Waals surface area contributed by atoms with Crippen LogP contribution < -0.4 is 4.74 Å². The molecule has 0 aliphatic heterocycles. The molecule has 0 saturated carbocycles. The molecule has 4 nitrogen and oxygen atoms in total. The van der Waals surface area contributed by atoms with Crippen LogP contribution in [0.4, 0.5) is 0 Å². The van der Waals surface area contributed by atoms with Crippen LogP contribution in [0.1, 0.15) is 25.5 Å². The van der Waals surface area contributed by atoms with Crippen LogP contribution in [0.3, 0.4) is 0 Å². The van der Waals surface area contributed by atoms with Gasteiger partial charge in [-0.2, -0.15) is 5.10 Å². The molecule has 1 aromatic carbocycles. The normalized spacial score (nSPS) is 12.4. The van der Waals surface area contributed by atoms with E-state index in [1.54, 1.807) is 17.8 Å². The van der Waals surface area contributed by atoms with Gasteiger partial charge in [0.1, 0.15) is 5.75 Å². The molecule has 1 aromatic heterocycles. The Morgan fingerprint density at radius 2 is 2.00 bits per heavy atom. The lowest BCUT2D eigenvalue weighted by molar-refractivity contribution is 0.199. The molecule has 0 aliphatic rings. The van der Waals surface area contributed by atoms with Crippen molar-refractivity contribution in [1.82, 2.24) is 9.78 Å². The number of aliphatic hydroxyl groups excluding tert-OH is 1. The zero-order valence-electron chi connectivity index (χ0n) is 10.00. The maximum Gasteiger partial charge on any atom is 0.165 e. The number of nitrogens with zero attached hydrogens (tertiary/aromatic N) is 2. The summed E-state index contributed by atoms with van der Waals surface area (Å²) < 4.78 is 7.44. The molecule has 2 rings (SSSR count). The highest BCUT2D eigenvalue weighted by Gasteiger charge is 2.03. The minimum Gasteiger partial charge on any atom is -0.454 e. The van der Waals surface area contributed by atoms with Gasteiger partial charge >= 0.3 is 0 Å². The number of rotatable bonds is 4. The van der Waals surface area contributed by atoms with Gasteiger partial charge in [-0.1, -0.05) is 12.1 Å². The molecule has 0 amide bonds. The van der Waals surface area contributed by atoms with E-state index in [1.165, 1.54) is 0 Å². The Kier molecular flexibility index (Phi) is 3.44. The maximum atomic E-state index is 9.39. The summed E-state index contributed by atoms with van der Waals surface area (Å²) in [6.07, 6.45) is 3.08. The molecule has 0 fully saturated rings. The van der Waals surface area contributed by atoms with Crippen LogP contribution in [0.2, 0.25) is 0 Å². The van der Waals surface area contributed by atoms with Crippen LogP contribution in [0.25, 0.3) is 0 Å². The van der Waals surface area contributed by atoms with E-state index in [1.807, 2.05) is 37.4 Å². The van der Waals surface area contributed by atoms with E-state index in [2.05, 4.69) is 5.10 Å². The maximum absolute atomic E-state index is 9.39. The van der Waals surface area contributed by atoms with E-state index in [9.17, 15) is 5.11 Å². The molecule has 0 spiro atoms. The molecule has 0 bridgehead atoms. The smallest absolute Gasteiger partial charge is 0.165 e. The third kappa shape index (κ3) is 2.85. The summed E-state index contributed by atoms with van der Waals surface area (Å²) >= 11 is 0. The van der Waals surface area contributed by atoms with E-state index in [0.29, 0.717) is 0 Å². The van der Waals surface area contributed by atoms with Gasteiger partial charge in [0.2, 0.25) is 0 Å². The Bertz CT molecular complexity index is 474. The summed E-state index contributed by atoms with van der Waals surface area (Å²) in [4.78, 5) is 0. The Hall–Kier alpha value is -1.81. The summed E-state index contributed by atoms with van der Waals surface area (Å²) in [5.41, 5.74) is 0.876. The highest BCUT2D eigenvalue weighted by molar-refractivity contribution is 5.31. The van der Waals surface area contributed by atoms with Crippen molar-refractivity contribution in [2.24, 2.45) is 0 Å². The molecule has 0 aliphatic carbocycles. The van der Waals surface area contributed by atoms with Crippen LogP contribution in [0, 0.1) is 0 Å². The lowest BCUT2D eigenvalue weighted by Crippen LogP contribution is -1.92. The van der Waals surface area contributed by atoms with Gasteiger partial charge in [-0.25, -0.2) is 0 Å². The second-order valence-electron chi connectivity index (χ2n) is 3.88. The van der Waals surface area contributed by atoms with Gasteiger partial charge in [0.25, 0.3) is 0 Å². The van der Waals surface area contributed by atoms with Crippen LogP contribution >= 0.6 is 0 Å². The van der Waals surface area contributed by atoms with Crippen LogP contribution in [0.5, 0.6) is 11.5 Å². The molecule has 0 saturated heterocycles. The summed E-state index contributed by atoms with van der Waals surface area (Å²) in [6.45, 7) is 4.58. The largest absolute Gasteiger partial charge is 0.454 e.